The molecule has 2 aromatic carbocycles. The number of hydrogen-bond acceptors (Lipinski definition) is 6. The first kappa shape index (κ1) is 21.2. The fourth-order valence-electron chi connectivity index (χ4n) is 4.23. The first-order valence-electron chi connectivity index (χ1n) is 11.2. The summed E-state index contributed by atoms with van der Waals surface area (Å²) in [7, 11) is 0. The van der Waals surface area contributed by atoms with Crippen LogP contribution in [-0.4, -0.2) is 42.2 Å². The molecule has 1 aromatic heterocycles. The molecule has 0 unspecified atom stereocenters. The van der Waals surface area contributed by atoms with Crippen molar-refractivity contribution in [1.29, 1.82) is 0 Å². The van der Waals surface area contributed by atoms with Gasteiger partial charge in [-0.3, -0.25) is 9.88 Å². The number of benzene rings is 2. The highest BCUT2D eigenvalue weighted by atomic mass is 16.5. The Morgan fingerprint density at radius 3 is 2.39 bits per heavy atom. The summed E-state index contributed by atoms with van der Waals surface area (Å²) >= 11 is 0. The summed E-state index contributed by atoms with van der Waals surface area (Å²) in [6.07, 6.45) is 4.08. The Morgan fingerprint density at radius 1 is 1.03 bits per heavy atom. The minimum absolute atomic E-state index is 0.464. The molecule has 0 atom stereocenters. The first-order valence-corrected chi connectivity index (χ1v) is 11.2. The molecule has 6 heteroatoms. The highest BCUT2D eigenvalue weighted by Gasteiger charge is 2.21. The lowest BCUT2D eigenvalue weighted by Gasteiger charge is -2.33. The largest absolute Gasteiger partial charge is 0.492 e. The highest BCUT2D eigenvalue weighted by molar-refractivity contribution is 5.90. The molecule has 6 nitrogen and oxygen atoms in total. The summed E-state index contributed by atoms with van der Waals surface area (Å²) in [5.74, 6) is 1.43. The number of ether oxygens (including phenoxy) is 2. The van der Waals surface area contributed by atoms with Gasteiger partial charge in [0.25, 0.3) is 0 Å². The molecule has 31 heavy (non-hydrogen) atoms. The van der Waals surface area contributed by atoms with E-state index in [2.05, 4.69) is 51.6 Å². The number of nitrogens with zero attached hydrogens (tertiary/aromatic N) is 2. The third-order valence-corrected chi connectivity index (χ3v) is 5.77. The number of aromatic nitrogens is 1. The van der Waals surface area contributed by atoms with Crippen LogP contribution < -0.4 is 20.5 Å². The Hall–Kier alpha value is -2.99. The van der Waals surface area contributed by atoms with Crippen LogP contribution in [0.1, 0.15) is 32.3 Å². The Balaban J connectivity index is 1.39. The molecule has 0 radical (unpaired) electrons. The summed E-state index contributed by atoms with van der Waals surface area (Å²) < 4.78 is 11.5. The summed E-state index contributed by atoms with van der Waals surface area (Å²) in [5.41, 5.74) is 10.2. The SMILES string of the molecule is CCOc1cc(CN2CCC(Nc3ccnc4ccccc34)CC2)cc(OCC)c1N. The van der Waals surface area contributed by atoms with Gasteiger partial charge in [0.15, 0.2) is 0 Å². The van der Waals surface area contributed by atoms with E-state index in [0.29, 0.717) is 36.4 Å². The van der Waals surface area contributed by atoms with E-state index in [4.69, 9.17) is 15.2 Å². The molecule has 0 amide bonds. The Kier molecular flexibility index (Phi) is 6.77. The number of fused-ring (bicyclic) bond motifs is 1. The second-order valence-electron chi connectivity index (χ2n) is 7.94. The van der Waals surface area contributed by atoms with Gasteiger partial charge in [0.1, 0.15) is 17.2 Å². The standard InChI is InChI=1S/C25H32N4O2/c1-3-30-23-15-18(16-24(25(23)26)31-4-2)17-29-13-10-19(11-14-29)28-22-9-12-27-21-8-6-5-7-20(21)22/h5-9,12,15-16,19H,3-4,10-11,13-14,17,26H2,1-2H3,(H,27,28). The van der Waals surface area contributed by atoms with E-state index >= 15 is 0 Å². The molecule has 0 spiro atoms. The number of nitrogens with one attached hydrogen (secondary N) is 1. The summed E-state index contributed by atoms with van der Waals surface area (Å²) in [6.45, 7) is 8.05. The average Bonchev–Trinajstić information content (AvgIpc) is 2.79. The molecule has 1 aliphatic heterocycles. The van der Waals surface area contributed by atoms with E-state index in [0.717, 1.165) is 38.0 Å². The predicted molar refractivity (Wildman–Crippen MR) is 127 cm³/mol. The summed E-state index contributed by atoms with van der Waals surface area (Å²) in [5, 5.41) is 4.93. The smallest absolute Gasteiger partial charge is 0.146 e. The molecule has 0 bridgehead atoms. The maximum atomic E-state index is 6.21. The Morgan fingerprint density at radius 2 is 1.71 bits per heavy atom. The zero-order valence-electron chi connectivity index (χ0n) is 18.4. The number of nitrogen functional groups attached to an aromatic ring is 1. The van der Waals surface area contributed by atoms with E-state index in [9.17, 15) is 0 Å². The van der Waals surface area contributed by atoms with Crippen LogP contribution in [-0.2, 0) is 6.54 Å². The molecular formula is C25H32N4O2. The summed E-state index contributed by atoms with van der Waals surface area (Å²) in [4.78, 5) is 6.95. The second-order valence-corrected chi connectivity index (χ2v) is 7.94. The molecule has 3 aromatic rings. The quantitative estimate of drug-likeness (QED) is 0.515. The van der Waals surface area contributed by atoms with Gasteiger partial charge in [-0.25, -0.2) is 0 Å². The normalized spacial score (nSPS) is 15.2. The molecule has 4 rings (SSSR count). The maximum Gasteiger partial charge on any atom is 0.146 e. The fraction of sp³-hybridized carbons (Fsp3) is 0.400. The molecule has 164 valence electrons. The van der Waals surface area contributed by atoms with Crippen LogP contribution >= 0.6 is 0 Å². The van der Waals surface area contributed by atoms with Gasteiger partial charge in [-0.05, 0) is 56.5 Å². The lowest BCUT2D eigenvalue weighted by Crippen LogP contribution is -2.38. The number of pyridine rings is 1. The molecular weight excluding hydrogens is 388 g/mol. The van der Waals surface area contributed by atoms with Gasteiger partial charge in [-0.15, -0.1) is 0 Å². The van der Waals surface area contributed by atoms with Crippen molar-refractivity contribution in [2.24, 2.45) is 0 Å². The third-order valence-electron chi connectivity index (χ3n) is 5.77. The van der Waals surface area contributed by atoms with E-state index in [1.165, 1.54) is 16.6 Å². The lowest BCUT2D eigenvalue weighted by molar-refractivity contribution is 0.210. The predicted octanol–water partition coefficient (Wildman–Crippen LogP) is 4.69. The number of anilines is 2. The number of nitrogens with two attached hydrogens (primary N) is 1. The van der Waals surface area contributed by atoms with Crippen LogP contribution in [0.3, 0.4) is 0 Å². The van der Waals surface area contributed by atoms with Crippen molar-refractivity contribution >= 4 is 22.3 Å². The van der Waals surface area contributed by atoms with Gasteiger partial charge < -0.3 is 20.5 Å². The number of para-hydroxylation sites is 1. The van der Waals surface area contributed by atoms with Gasteiger partial charge in [0, 0.05) is 42.9 Å². The van der Waals surface area contributed by atoms with Crippen molar-refractivity contribution in [1.82, 2.24) is 9.88 Å². The topological polar surface area (TPSA) is 72.6 Å². The van der Waals surface area contributed by atoms with E-state index in [-0.39, 0.29) is 0 Å². The molecule has 2 heterocycles. The van der Waals surface area contributed by atoms with Crippen molar-refractivity contribution in [2.75, 3.05) is 37.4 Å². The second kappa shape index (κ2) is 9.88. The number of likely N-dealkylation sites (tertiary alicyclic amines) is 1. The van der Waals surface area contributed by atoms with Gasteiger partial charge in [-0.1, -0.05) is 18.2 Å². The van der Waals surface area contributed by atoms with Crippen LogP contribution in [0.2, 0.25) is 0 Å². The minimum Gasteiger partial charge on any atom is -0.492 e. The van der Waals surface area contributed by atoms with Crippen LogP contribution in [0.4, 0.5) is 11.4 Å². The zero-order chi connectivity index (χ0) is 21.6. The highest BCUT2D eigenvalue weighted by Crippen LogP contribution is 2.34. The van der Waals surface area contributed by atoms with Crippen LogP contribution in [0.5, 0.6) is 11.5 Å². The van der Waals surface area contributed by atoms with E-state index in [1.54, 1.807) is 0 Å². The molecule has 3 N–H and O–H groups in total. The van der Waals surface area contributed by atoms with Crippen molar-refractivity contribution in [3.63, 3.8) is 0 Å². The van der Waals surface area contributed by atoms with E-state index in [1.807, 2.05) is 26.1 Å². The Labute approximate surface area is 184 Å². The Bertz CT molecular complexity index is 983. The molecule has 1 fully saturated rings. The fourth-order valence-corrected chi connectivity index (χ4v) is 4.23. The summed E-state index contributed by atoms with van der Waals surface area (Å²) in [6, 6.07) is 14.9. The number of piperidine rings is 1. The van der Waals surface area contributed by atoms with Crippen molar-refractivity contribution < 1.29 is 9.47 Å². The molecule has 0 saturated carbocycles. The van der Waals surface area contributed by atoms with Crippen molar-refractivity contribution in [3.8, 4) is 11.5 Å². The van der Waals surface area contributed by atoms with E-state index < -0.39 is 0 Å². The maximum absolute atomic E-state index is 6.21. The van der Waals surface area contributed by atoms with Crippen molar-refractivity contribution in [2.45, 2.75) is 39.3 Å². The zero-order valence-corrected chi connectivity index (χ0v) is 18.4. The van der Waals surface area contributed by atoms with Crippen molar-refractivity contribution in [3.05, 3.63) is 54.2 Å². The van der Waals surface area contributed by atoms with Crippen LogP contribution in [0.15, 0.2) is 48.7 Å². The monoisotopic (exact) mass is 420 g/mol. The number of hydrogen-bond donors (Lipinski definition) is 2. The van der Waals surface area contributed by atoms with Gasteiger partial charge >= 0.3 is 0 Å². The molecule has 1 saturated heterocycles. The first-order chi connectivity index (χ1) is 15.2. The van der Waals surface area contributed by atoms with Gasteiger partial charge in [0.2, 0.25) is 0 Å². The lowest BCUT2D eigenvalue weighted by atomic mass is 10.0. The molecule has 0 aliphatic carbocycles. The third kappa shape index (κ3) is 5.02. The van der Waals surface area contributed by atoms with Crippen LogP contribution in [0, 0.1) is 0 Å². The van der Waals surface area contributed by atoms with Gasteiger partial charge in [-0.2, -0.15) is 0 Å². The molecule has 1 aliphatic rings. The average molecular weight is 421 g/mol. The number of rotatable bonds is 8. The minimum atomic E-state index is 0.464. The van der Waals surface area contributed by atoms with Crippen LogP contribution in [0.25, 0.3) is 10.9 Å². The van der Waals surface area contributed by atoms with Gasteiger partial charge in [0.05, 0.1) is 18.7 Å².